The number of hydrogen-bond donors (Lipinski definition) is 2. The molecule has 1 fully saturated rings. The van der Waals surface area contributed by atoms with Gasteiger partial charge in [0.25, 0.3) is 0 Å². The molecule has 0 atom stereocenters. The van der Waals surface area contributed by atoms with Crippen LogP contribution in [0, 0.1) is 0 Å². The van der Waals surface area contributed by atoms with E-state index in [0.717, 1.165) is 26.2 Å². The lowest BCUT2D eigenvalue weighted by atomic mass is 10.1. The van der Waals surface area contributed by atoms with Gasteiger partial charge in [-0.05, 0) is 19.8 Å². The maximum atomic E-state index is 11.6. The van der Waals surface area contributed by atoms with Gasteiger partial charge in [-0.25, -0.2) is 0 Å². The minimum absolute atomic E-state index is 0.0762. The van der Waals surface area contributed by atoms with Crippen LogP contribution in [0.25, 0.3) is 0 Å². The summed E-state index contributed by atoms with van der Waals surface area (Å²) in [5.74, 6) is 0.517. The van der Waals surface area contributed by atoms with Crippen LogP contribution in [0.4, 0.5) is 0 Å². The maximum Gasteiger partial charge on any atom is 0.229 e. The number of carbonyl (C=O) groups is 2. The van der Waals surface area contributed by atoms with E-state index < -0.39 is 0 Å². The Morgan fingerprint density at radius 3 is 2.52 bits per heavy atom. The highest BCUT2D eigenvalue weighted by atomic mass is 16.5. The molecule has 1 aliphatic rings. The molecular formula is C14H26N4O3. The first kappa shape index (κ1) is 17.4. The number of carbonyl (C=O) groups excluding carboxylic acids is 2. The molecule has 1 aliphatic heterocycles. The highest BCUT2D eigenvalue weighted by Crippen LogP contribution is 2.11. The van der Waals surface area contributed by atoms with Crippen LogP contribution in [0.5, 0.6) is 0 Å². The third kappa shape index (κ3) is 6.57. The number of guanidine groups is 1. The van der Waals surface area contributed by atoms with E-state index in [-0.39, 0.29) is 11.8 Å². The van der Waals surface area contributed by atoms with Crippen LogP contribution in [-0.2, 0) is 14.3 Å². The second kappa shape index (κ2) is 10.1. The van der Waals surface area contributed by atoms with Crippen LogP contribution < -0.4 is 10.6 Å². The molecule has 1 saturated heterocycles. The SMILES string of the molecule is CCOCCCNC(=NC)NCCN1C(=O)CCCC1=O. The number of nitrogens with one attached hydrogen (secondary N) is 2. The fourth-order valence-corrected chi connectivity index (χ4v) is 2.08. The zero-order valence-corrected chi connectivity index (χ0v) is 13.0. The smallest absolute Gasteiger partial charge is 0.229 e. The van der Waals surface area contributed by atoms with Crippen molar-refractivity contribution in [3.63, 3.8) is 0 Å². The molecular weight excluding hydrogens is 272 g/mol. The van der Waals surface area contributed by atoms with Gasteiger partial charge in [-0.3, -0.25) is 19.5 Å². The molecule has 1 heterocycles. The summed E-state index contributed by atoms with van der Waals surface area (Å²) in [5, 5.41) is 6.26. The molecule has 0 unspecified atom stereocenters. The van der Waals surface area contributed by atoms with Gasteiger partial charge in [-0.1, -0.05) is 0 Å². The summed E-state index contributed by atoms with van der Waals surface area (Å²) in [4.78, 5) is 28.7. The van der Waals surface area contributed by atoms with Crippen molar-refractivity contribution in [1.82, 2.24) is 15.5 Å². The summed E-state index contributed by atoms with van der Waals surface area (Å²) in [6.45, 7) is 5.07. The van der Waals surface area contributed by atoms with Gasteiger partial charge in [0.15, 0.2) is 5.96 Å². The number of hydrogen-bond acceptors (Lipinski definition) is 4. The fraction of sp³-hybridized carbons (Fsp3) is 0.786. The largest absolute Gasteiger partial charge is 0.382 e. The number of likely N-dealkylation sites (tertiary alicyclic amines) is 1. The van der Waals surface area contributed by atoms with Crippen molar-refractivity contribution in [1.29, 1.82) is 0 Å². The number of piperidine rings is 1. The zero-order valence-electron chi connectivity index (χ0n) is 13.0. The summed E-state index contributed by atoms with van der Waals surface area (Å²) < 4.78 is 5.25. The van der Waals surface area contributed by atoms with Crippen molar-refractivity contribution in [3.8, 4) is 0 Å². The van der Waals surface area contributed by atoms with E-state index in [2.05, 4.69) is 15.6 Å². The van der Waals surface area contributed by atoms with Gasteiger partial charge in [-0.2, -0.15) is 0 Å². The summed E-state index contributed by atoms with van der Waals surface area (Å²) in [7, 11) is 1.69. The second-order valence-corrected chi connectivity index (χ2v) is 4.77. The Hall–Kier alpha value is -1.63. The molecule has 0 aromatic carbocycles. The number of nitrogens with zero attached hydrogens (tertiary/aromatic N) is 2. The van der Waals surface area contributed by atoms with Gasteiger partial charge in [0, 0.05) is 52.7 Å². The highest BCUT2D eigenvalue weighted by molar-refractivity contribution is 5.97. The third-order valence-corrected chi connectivity index (χ3v) is 3.20. The number of amides is 2. The monoisotopic (exact) mass is 298 g/mol. The summed E-state index contributed by atoms with van der Waals surface area (Å²) >= 11 is 0. The molecule has 21 heavy (non-hydrogen) atoms. The van der Waals surface area contributed by atoms with Crippen LogP contribution in [-0.4, -0.2) is 62.6 Å². The van der Waals surface area contributed by atoms with Crippen molar-refractivity contribution >= 4 is 17.8 Å². The molecule has 2 N–H and O–H groups in total. The van der Waals surface area contributed by atoms with E-state index in [0.29, 0.717) is 38.3 Å². The molecule has 7 nitrogen and oxygen atoms in total. The van der Waals surface area contributed by atoms with E-state index in [4.69, 9.17) is 4.74 Å². The molecule has 7 heteroatoms. The molecule has 0 saturated carbocycles. The third-order valence-electron chi connectivity index (χ3n) is 3.20. The van der Waals surface area contributed by atoms with E-state index >= 15 is 0 Å². The molecule has 0 aromatic heterocycles. The zero-order chi connectivity index (χ0) is 15.5. The minimum Gasteiger partial charge on any atom is -0.382 e. The first-order chi connectivity index (χ1) is 10.2. The van der Waals surface area contributed by atoms with Gasteiger partial charge < -0.3 is 15.4 Å². The van der Waals surface area contributed by atoms with Crippen LogP contribution in [0.3, 0.4) is 0 Å². The number of imide groups is 1. The van der Waals surface area contributed by atoms with Gasteiger partial charge in [0.1, 0.15) is 0 Å². The standard InChI is InChI=1S/C14H26N4O3/c1-3-21-11-5-8-16-14(15-2)17-9-10-18-12(19)6-4-7-13(18)20/h3-11H2,1-2H3,(H2,15,16,17). The normalized spacial score (nSPS) is 16.3. The average Bonchev–Trinajstić information content (AvgIpc) is 2.48. The molecule has 0 bridgehead atoms. The quantitative estimate of drug-likeness (QED) is 0.288. The molecule has 0 aliphatic carbocycles. The van der Waals surface area contributed by atoms with Crippen molar-refractivity contribution in [2.75, 3.05) is 39.9 Å². The van der Waals surface area contributed by atoms with E-state index in [1.807, 2.05) is 6.92 Å². The summed E-state index contributed by atoms with van der Waals surface area (Å²) in [5.41, 5.74) is 0. The highest BCUT2D eigenvalue weighted by Gasteiger charge is 2.25. The average molecular weight is 298 g/mol. The number of ether oxygens (including phenoxy) is 1. The number of rotatable bonds is 8. The van der Waals surface area contributed by atoms with E-state index in [9.17, 15) is 9.59 Å². The van der Waals surface area contributed by atoms with Crippen molar-refractivity contribution in [2.45, 2.75) is 32.6 Å². The van der Waals surface area contributed by atoms with Crippen LogP contribution >= 0.6 is 0 Å². The Bertz CT molecular complexity index is 355. The maximum absolute atomic E-state index is 11.6. The Balaban J connectivity index is 2.19. The Labute approximate surface area is 126 Å². The van der Waals surface area contributed by atoms with Gasteiger partial charge in [-0.15, -0.1) is 0 Å². The lowest BCUT2D eigenvalue weighted by Crippen LogP contribution is -2.46. The van der Waals surface area contributed by atoms with Crippen molar-refractivity contribution < 1.29 is 14.3 Å². The first-order valence-corrected chi connectivity index (χ1v) is 7.54. The topological polar surface area (TPSA) is 83.0 Å². The van der Waals surface area contributed by atoms with Gasteiger partial charge >= 0.3 is 0 Å². The molecule has 2 amide bonds. The van der Waals surface area contributed by atoms with Crippen LogP contribution in [0.2, 0.25) is 0 Å². The molecule has 0 radical (unpaired) electrons. The molecule has 120 valence electrons. The second-order valence-electron chi connectivity index (χ2n) is 4.77. The van der Waals surface area contributed by atoms with Gasteiger partial charge in [0.2, 0.25) is 11.8 Å². The Morgan fingerprint density at radius 1 is 1.24 bits per heavy atom. The summed E-state index contributed by atoms with van der Waals surface area (Å²) in [6.07, 6.45) is 2.51. The predicted octanol–water partition coefficient (Wildman–Crippen LogP) is 0.117. The minimum atomic E-state index is -0.0762. The first-order valence-electron chi connectivity index (χ1n) is 7.54. The van der Waals surface area contributed by atoms with Gasteiger partial charge in [0.05, 0.1) is 0 Å². The molecule has 0 aromatic rings. The Kier molecular flexibility index (Phi) is 8.42. The lowest BCUT2D eigenvalue weighted by molar-refractivity contribution is -0.147. The van der Waals surface area contributed by atoms with E-state index in [1.54, 1.807) is 7.05 Å². The number of aliphatic imine (C=N–C) groups is 1. The fourth-order valence-electron chi connectivity index (χ4n) is 2.08. The molecule has 1 rings (SSSR count). The van der Waals surface area contributed by atoms with Crippen LogP contribution in [0.1, 0.15) is 32.6 Å². The van der Waals surface area contributed by atoms with Crippen molar-refractivity contribution in [2.24, 2.45) is 4.99 Å². The molecule has 0 spiro atoms. The predicted molar refractivity (Wildman–Crippen MR) is 81.0 cm³/mol. The lowest BCUT2D eigenvalue weighted by Gasteiger charge is -2.25. The van der Waals surface area contributed by atoms with Crippen molar-refractivity contribution in [3.05, 3.63) is 0 Å². The Morgan fingerprint density at radius 2 is 1.90 bits per heavy atom. The van der Waals surface area contributed by atoms with E-state index in [1.165, 1.54) is 4.90 Å². The van der Waals surface area contributed by atoms with Crippen LogP contribution in [0.15, 0.2) is 4.99 Å². The summed E-state index contributed by atoms with van der Waals surface area (Å²) in [6, 6.07) is 0.